The van der Waals surface area contributed by atoms with Crippen LogP contribution in [0.25, 0.3) is 64.5 Å². The van der Waals surface area contributed by atoms with Gasteiger partial charge in [-0.3, -0.25) is 19.8 Å². The second-order valence-corrected chi connectivity index (χ2v) is 16.3. The molecular formula is C50H36N6S2. The van der Waals surface area contributed by atoms with Crippen molar-refractivity contribution in [2.24, 2.45) is 14.1 Å². The number of thiophene rings is 2. The number of fused-ring (bicyclic) bond motifs is 4. The fourth-order valence-electron chi connectivity index (χ4n) is 8.31. The van der Waals surface area contributed by atoms with Crippen LogP contribution in [0.4, 0.5) is 34.4 Å². The molecule has 0 atom stereocenters. The second-order valence-electron chi connectivity index (χ2n) is 14.5. The molecule has 0 fully saturated rings. The highest BCUT2D eigenvalue weighted by Gasteiger charge is 2.23. The third kappa shape index (κ3) is 5.68. The average molecular weight is 785 g/mol. The van der Waals surface area contributed by atoms with Gasteiger partial charge in [-0.25, -0.2) is 0 Å². The molecule has 58 heavy (non-hydrogen) atoms. The van der Waals surface area contributed by atoms with Crippen LogP contribution in [0.1, 0.15) is 0 Å². The molecule has 0 saturated carbocycles. The Kier molecular flexibility index (Phi) is 8.20. The minimum Gasteiger partial charge on any atom is -0.330 e. The average Bonchev–Trinajstić information content (AvgIpc) is 4.08. The Hall–Kier alpha value is -7.00. The fourth-order valence-corrected chi connectivity index (χ4v) is 10.2. The molecule has 6 aromatic heterocycles. The minimum absolute atomic E-state index is 0.985. The first-order chi connectivity index (χ1) is 28.6. The number of nitrogens with zero attached hydrogens (tertiary/aromatic N) is 6. The molecule has 0 aliphatic rings. The molecule has 0 aliphatic heterocycles. The van der Waals surface area contributed by atoms with Crippen molar-refractivity contribution in [2.75, 3.05) is 9.80 Å². The molecule has 6 nitrogen and oxygen atoms in total. The first-order valence-corrected chi connectivity index (χ1v) is 21.0. The zero-order valence-electron chi connectivity index (χ0n) is 31.8. The Balaban J connectivity index is 0.966. The smallest absolute Gasteiger partial charge is 0.117 e. The molecule has 0 unspecified atom stereocenters. The van der Waals surface area contributed by atoms with Crippen LogP contribution in [0.5, 0.6) is 0 Å². The Morgan fingerprint density at radius 2 is 0.897 bits per heavy atom. The molecule has 0 spiro atoms. The van der Waals surface area contributed by atoms with Crippen molar-refractivity contribution in [2.45, 2.75) is 0 Å². The molecule has 11 rings (SSSR count). The molecule has 6 heterocycles. The van der Waals surface area contributed by atoms with Crippen molar-refractivity contribution in [1.29, 1.82) is 0 Å². The maximum atomic E-state index is 4.59. The summed E-state index contributed by atoms with van der Waals surface area (Å²) in [6.07, 6.45) is 3.70. The van der Waals surface area contributed by atoms with Gasteiger partial charge in [0.2, 0.25) is 0 Å². The van der Waals surface area contributed by atoms with Crippen LogP contribution in [0.2, 0.25) is 0 Å². The molecule has 0 amide bonds. The number of anilines is 6. The second kappa shape index (κ2) is 13.9. The quantitative estimate of drug-likeness (QED) is 0.154. The van der Waals surface area contributed by atoms with Gasteiger partial charge in [-0.15, -0.1) is 22.7 Å². The summed E-state index contributed by atoms with van der Waals surface area (Å²) in [5.41, 5.74) is 11.1. The van der Waals surface area contributed by atoms with Gasteiger partial charge in [0, 0.05) is 91.0 Å². The largest absolute Gasteiger partial charge is 0.330 e. The molecule has 0 saturated heterocycles. The normalized spacial score (nSPS) is 11.6. The standard InChI is InChI=1S/C50H36N6S2/c1-53-43(23-25-49(53)55(45-31-57-47-13-5-3-11-39(45)47)37-19-21-41-35(29-37)9-7-27-51-41)33-15-17-34(18-16-33)44-24-26-50(54(44)2)56(46-32-58-48-14-6-4-12-40(46)48)38-20-22-42-36(30-38)10-8-28-52-42/h3-32H,1-2H3. The van der Waals surface area contributed by atoms with Gasteiger partial charge in [0.15, 0.2) is 0 Å². The van der Waals surface area contributed by atoms with Gasteiger partial charge in [0.05, 0.1) is 22.4 Å². The van der Waals surface area contributed by atoms with Crippen molar-refractivity contribution in [1.82, 2.24) is 19.1 Å². The first kappa shape index (κ1) is 34.3. The lowest BCUT2D eigenvalue weighted by atomic mass is 10.1. The molecule has 0 bridgehead atoms. The van der Waals surface area contributed by atoms with Crippen molar-refractivity contribution in [3.8, 4) is 22.5 Å². The summed E-state index contributed by atoms with van der Waals surface area (Å²) >= 11 is 3.55. The SMILES string of the molecule is Cn1c(-c2ccc(-c3ccc(N(c4ccc5ncccc5c4)c4csc5ccccc45)n3C)cc2)ccc1N(c1ccc2ncccc2c1)c1csc2ccccc12. The van der Waals surface area contributed by atoms with E-state index in [1.165, 1.54) is 20.2 Å². The molecule has 8 heteroatoms. The van der Waals surface area contributed by atoms with E-state index in [4.69, 9.17) is 0 Å². The molecule has 0 aliphatic carbocycles. The predicted octanol–water partition coefficient (Wildman–Crippen LogP) is 14.2. The Morgan fingerprint density at radius 1 is 0.448 bits per heavy atom. The summed E-state index contributed by atoms with van der Waals surface area (Å²) in [5.74, 6) is 2.17. The number of hydrogen-bond donors (Lipinski definition) is 0. The van der Waals surface area contributed by atoms with Crippen LogP contribution in [-0.4, -0.2) is 19.1 Å². The summed E-state index contributed by atoms with van der Waals surface area (Å²) in [6.45, 7) is 0. The zero-order chi connectivity index (χ0) is 38.7. The zero-order valence-corrected chi connectivity index (χ0v) is 33.5. The molecule has 0 radical (unpaired) electrons. The third-order valence-electron chi connectivity index (χ3n) is 11.2. The van der Waals surface area contributed by atoms with Gasteiger partial charge >= 0.3 is 0 Å². The van der Waals surface area contributed by atoms with E-state index in [2.05, 4.69) is 199 Å². The lowest BCUT2D eigenvalue weighted by Gasteiger charge is -2.26. The van der Waals surface area contributed by atoms with Gasteiger partial charge in [-0.05, 0) is 96.1 Å². The van der Waals surface area contributed by atoms with Crippen LogP contribution in [0.3, 0.4) is 0 Å². The lowest BCUT2D eigenvalue weighted by Crippen LogP contribution is -2.13. The van der Waals surface area contributed by atoms with E-state index in [9.17, 15) is 0 Å². The Morgan fingerprint density at radius 3 is 1.36 bits per heavy atom. The summed E-state index contributed by atoms with van der Waals surface area (Å²) in [7, 11) is 4.33. The van der Waals surface area contributed by atoms with Crippen molar-refractivity contribution in [3.05, 3.63) is 181 Å². The highest BCUT2D eigenvalue weighted by molar-refractivity contribution is 7.18. The lowest BCUT2D eigenvalue weighted by molar-refractivity contribution is 0.920. The van der Waals surface area contributed by atoms with Crippen LogP contribution < -0.4 is 9.80 Å². The van der Waals surface area contributed by atoms with E-state index in [0.29, 0.717) is 0 Å². The molecule has 5 aromatic carbocycles. The van der Waals surface area contributed by atoms with E-state index in [0.717, 1.165) is 78.7 Å². The van der Waals surface area contributed by atoms with Crippen LogP contribution in [0.15, 0.2) is 181 Å². The Labute approximate surface area is 343 Å². The number of hydrogen-bond acceptors (Lipinski definition) is 6. The third-order valence-corrected chi connectivity index (χ3v) is 13.1. The van der Waals surface area contributed by atoms with Gasteiger partial charge < -0.3 is 9.13 Å². The van der Waals surface area contributed by atoms with E-state index >= 15 is 0 Å². The van der Waals surface area contributed by atoms with Crippen molar-refractivity contribution < 1.29 is 0 Å². The summed E-state index contributed by atoms with van der Waals surface area (Å²) in [6, 6.07) is 56.5. The maximum Gasteiger partial charge on any atom is 0.117 e. The van der Waals surface area contributed by atoms with Crippen LogP contribution >= 0.6 is 22.7 Å². The van der Waals surface area contributed by atoms with Crippen LogP contribution in [-0.2, 0) is 14.1 Å². The highest BCUT2D eigenvalue weighted by Crippen LogP contribution is 2.46. The van der Waals surface area contributed by atoms with Gasteiger partial charge in [-0.2, -0.15) is 0 Å². The van der Waals surface area contributed by atoms with E-state index < -0.39 is 0 Å². The maximum absolute atomic E-state index is 4.59. The van der Waals surface area contributed by atoms with Crippen LogP contribution in [0, 0.1) is 0 Å². The van der Waals surface area contributed by atoms with E-state index in [-0.39, 0.29) is 0 Å². The van der Waals surface area contributed by atoms with Crippen molar-refractivity contribution in [3.63, 3.8) is 0 Å². The minimum atomic E-state index is 0.985. The monoisotopic (exact) mass is 784 g/mol. The van der Waals surface area contributed by atoms with Gasteiger partial charge in [0.1, 0.15) is 11.6 Å². The summed E-state index contributed by atoms with van der Waals surface area (Å²) in [5, 5.41) is 9.23. The Bertz CT molecular complexity index is 3070. The molecule has 278 valence electrons. The molecule has 0 N–H and O–H groups in total. The van der Waals surface area contributed by atoms with Gasteiger partial charge in [0.25, 0.3) is 0 Å². The topological polar surface area (TPSA) is 42.1 Å². The number of benzene rings is 5. The molecule has 11 aromatic rings. The predicted molar refractivity (Wildman–Crippen MR) is 246 cm³/mol. The highest BCUT2D eigenvalue weighted by atomic mass is 32.1. The first-order valence-electron chi connectivity index (χ1n) is 19.2. The molecular weight excluding hydrogens is 749 g/mol. The van der Waals surface area contributed by atoms with E-state index in [1.807, 2.05) is 24.5 Å². The van der Waals surface area contributed by atoms with Crippen molar-refractivity contribution >= 4 is 99.0 Å². The number of pyridine rings is 2. The van der Waals surface area contributed by atoms with E-state index in [1.54, 1.807) is 22.7 Å². The summed E-state index contributed by atoms with van der Waals surface area (Å²) in [4.78, 5) is 13.9. The number of aromatic nitrogens is 4. The fraction of sp³-hybridized carbons (Fsp3) is 0.0400. The number of rotatable bonds is 8. The van der Waals surface area contributed by atoms with Gasteiger partial charge in [-0.1, -0.05) is 72.8 Å². The summed E-state index contributed by atoms with van der Waals surface area (Å²) < 4.78 is 7.13.